The molecule has 3 aromatic carbocycles. The Kier molecular flexibility index (Phi) is 6.54. The minimum atomic E-state index is -4.46. The molecular weight excluding hydrogens is 450 g/mol. The molecule has 3 rings (SSSR count). The molecule has 0 spiro atoms. The molecule has 170 valence electrons. The Morgan fingerprint density at radius 3 is 1.85 bits per heavy atom. The summed E-state index contributed by atoms with van der Waals surface area (Å²) in [4.78, 5) is 34.0. The number of rotatable bonds is 7. The highest BCUT2D eigenvalue weighted by molar-refractivity contribution is 7.93. The topological polar surface area (TPSA) is 141 Å². The number of nitrogens with zero attached hydrogens (tertiary/aromatic N) is 3. The third-order valence-electron chi connectivity index (χ3n) is 4.89. The lowest BCUT2D eigenvalue weighted by Gasteiger charge is -2.23. The largest absolute Gasteiger partial charge is 0.277 e. The van der Waals surface area contributed by atoms with E-state index in [1.807, 2.05) is 6.92 Å². The Morgan fingerprint density at radius 1 is 0.879 bits per heavy atom. The second kappa shape index (κ2) is 9.17. The van der Waals surface area contributed by atoms with Crippen LogP contribution in [0.4, 0.5) is 17.1 Å². The SMILES string of the molecule is CCc1ccc(N(C(=O)c2cc([N+](=O)[O-])cc([N+](=O)[O-])c2)S(=O)(=O)c2ccc(C)cc2)cc1. The maximum absolute atomic E-state index is 13.5. The van der Waals surface area contributed by atoms with Crippen molar-refractivity contribution in [3.63, 3.8) is 0 Å². The van der Waals surface area contributed by atoms with Crippen LogP contribution in [0.1, 0.15) is 28.4 Å². The molecule has 1 amide bonds. The highest BCUT2D eigenvalue weighted by atomic mass is 32.2. The van der Waals surface area contributed by atoms with Gasteiger partial charge in [-0.05, 0) is 43.2 Å². The van der Waals surface area contributed by atoms with E-state index in [9.17, 15) is 33.4 Å². The summed E-state index contributed by atoms with van der Waals surface area (Å²) in [5, 5.41) is 22.5. The molecular formula is C22H19N3O7S. The van der Waals surface area contributed by atoms with Gasteiger partial charge < -0.3 is 0 Å². The number of benzene rings is 3. The fraction of sp³-hybridized carbons (Fsp3) is 0.136. The molecule has 33 heavy (non-hydrogen) atoms. The van der Waals surface area contributed by atoms with Gasteiger partial charge in [0.05, 0.1) is 32.1 Å². The zero-order valence-corrected chi connectivity index (χ0v) is 18.5. The summed E-state index contributed by atoms with van der Waals surface area (Å²) in [6.45, 7) is 3.67. The number of amides is 1. The van der Waals surface area contributed by atoms with Gasteiger partial charge in [-0.15, -0.1) is 0 Å². The van der Waals surface area contributed by atoms with Gasteiger partial charge in [0.1, 0.15) is 0 Å². The van der Waals surface area contributed by atoms with Gasteiger partial charge in [0.2, 0.25) is 0 Å². The van der Waals surface area contributed by atoms with Crippen molar-refractivity contribution in [3.05, 3.63) is 104 Å². The van der Waals surface area contributed by atoms with Crippen molar-refractivity contribution in [2.24, 2.45) is 0 Å². The van der Waals surface area contributed by atoms with Crippen molar-refractivity contribution < 1.29 is 23.1 Å². The molecule has 0 fully saturated rings. The minimum Gasteiger partial charge on any atom is -0.268 e. The quantitative estimate of drug-likeness (QED) is 0.368. The van der Waals surface area contributed by atoms with Crippen LogP contribution < -0.4 is 4.31 Å². The van der Waals surface area contributed by atoms with E-state index >= 15 is 0 Å². The van der Waals surface area contributed by atoms with Crippen LogP contribution in [0.2, 0.25) is 0 Å². The number of hydrogen-bond acceptors (Lipinski definition) is 7. The molecule has 11 heteroatoms. The molecule has 10 nitrogen and oxygen atoms in total. The number of hydrogen-bond donors (Lipinski definition) is 0. The number of carbonyl (C=O) groups is 1. The summed E-state index contributed by atoms with van der Waals surface area (Å²) >= 11 is 0. The molecule has 0 unspecified atom stereocenters. The normalized spacial score (nSPS) is 11.1. The Balaban J connectivity index is 2.23. The third-order valence-corrected chi connectivity index (χ3v) is 6.62. The Morgan fingerprint density at radius 2 is 1.39 bits per heavy atom. The van der Waals surface area contributed by atoms with Gasteiger partial charge in [-0.2, -0.15) is 4.31 Å². The van der Waals surface area contributed by atoms with Crippen molar-refractivity contribution in [2.75, 3.05) is 4.31 Å². The van der Waals surface area contributed by atoms with Crippen molar-refractivity contribution in [1.82, 2.24) is 0 Å². The minimum absolute atomic E-state index is 0.00747. The van der Waals surface area contributed by atoms with Gasteiger partial charge in [-0.1, -0.05) is 36.8 Å². The van der Waals surface area contributed by atoms with Gasteiger partial charge in [0, 0.05) is 12.1 Å². The van der Waals surface area contributed by atoms with Crippen molar-refractivity contribution in [1.29, 1.82) is 0 Å². The average Bonchev–Trinajstić information content (AvgIpc) is 2.79. The lowest BCUT2D eigenvalue weighted by molar-refractivity contribution is -0.394. The number of sulfonamides is 1. The van der Waals surface area contributed by atoms with Gasteiger partial charge in [-0.25, -0.2) is 8.42 Å². The summed E-state index contributed by atoms with van der Waals surface area (Å²) in [6.07, 6.45) is 0.677. The van der Waals surface area contributed by atoms with Crippen LogP contribution in [0.25, 0.3) is 0 Å². The standard InChI is InChI=1S/C22H19N3O7S/c1-3-16-6-8-18(9-7-16)23(33(31,32)21-10-4-15(2)5-11-21)22(26)17-12-19(24(27)28)14-20(13-17)25(29)30/h4-14H,3H2,1-2H3. The Hall–Kier alpha value is -4.12. The van der Waals surface area contributed by atoms with E-state index in [2.05, 4.69) is 0 Å². The number of non-ortho nitro benzene ring substituents is 2. The average molecular weight is 469 g/mol. The lowest BCUT2D eigenvalue weighted by Crippen LogP contribution is -2.37. The first-order chi connectivity index (χ1) is 15.5. The first-order valence-electron chi connectivity index (χ1n) is 9.73. The second-order valence-electron chi connectivity index (χ2n) is 7.16. The van der Waals surface area contributed by atoms with Crippen LogP contribution >= 0.6 is 0 Å². The Bertz CT molecular complexity index is 1300. The van der Waals surface area contributed by atoms with E-state index in [0.29, 0.717) is 16.8 Å². The molecule has 0 radical (unpaired) electrons. The number of aryl methyl sites for hydroxylation is 2. The van der Waals surface area contributed by atoms with Crippen LogP contribution in [-0.2, 0) is 16.4 Å². The molecule has 0 atom stereocenters. The number of nitro groups is 2. The number of nitro benzene ring substituents is 2. The zero-order chi connectivity index (χ0) is 24.3. The molecule has 0 aliphatic heterocycles. The van der Waals surface area contributed by atoms with E-state index in [0.717, 1.165) is 23.3 Å². The van der Waals surface area contributed by atoms with Crippen LogP contribution in [0.15, 0.2) is 71.6 Å². The maximum atomic E-state index is 13.5. The number of carbonyl (C=O) groups excluding carboxylic acids is 1. The molecule has 0 saturated carbocycles. The van der Waals surface area contributed by atoms with Crippen LogP contribution in [0.5, 0.6) is 0 Å². The van der Waals surface area contributed by atoms with E-state index in [-0.39, 0.29) is 10.6 Å². The summed E-state index contributed by atoms with van der Waals surface area (Å²) in [5.41, 5.74) is -0.237. The predicted octanol–water partition coefficient (Wildman–Crippen LogP) is 4.41. The molecule has 0 bridgehead atoms. The van der Waals surface area contributed by atoms with Crippen LogP contribution in [0, 0.1) is 27.2 Å². The van der Waals surface area contributed by atoms with E-state index in [1.165, 1.54) is 24.3 Å². The first-order valence-corrected chi connectivity index (χ1v) is 11.2. The summed E-state index contributed by atoms with van der Waals surface area (Å²) < 4.78 is 27.5. The van der Waals surface area contributed by atoms with E-state index in [1.54, 1.807) is 31.2 Å². The predicted molar refractivity (Wildman–Crippen MR) is 121 cm³/mol. The van der Waals surface area contributed by atoms with Crippen molar-refractivity contribution >= 4 is 33.0 Å². The maximum Gasteiger partial charge on any atom is 0.277 e. The van der Waals surface area contributed by atoms with E-state index in [4.69, 9.17) is 0 Å². The summed E-state index contributed by atoms with van der Waals surface area (Å²) in [7, 11) is -4.46. The lowest BCUT2D eigenvalue weighted by atomic mass is 10.1. The van der Waals surface area contributed by atoms with Crippen molar-refractivity contribution in [3.8, 4) is 0 Å². The molecule has 0 aliphatic rings. The summed E-state index contributed by atoms with van der Waals surface area (Å²) in [6, 6.07) is 14.3. The number of anilines is 1. The molecule has 0 saturated heterocycles. The summed E-state index contributed by atoms with van der Waals surface area (Å²) in [5.74, 6) is -1.16. The first kappa shape index (κ1) is 23.5. The van der Waals surface area contributed by atoms with Crippen LogP contribution in [0.3, 0.4) is 0 Å². The van der Waals surface area contributed by atoms with Gasteiger partial charge >= 0.3 is 0 Å². The van der Waals surface area contributed by atoms with Crippen molar-refractivity contribution in [2.45, 2.75) is 25.2 Å². The molecule has 0 heterocycles. The van der Waals surface area contributed by atoms with Gasteiger partial charge in [-0.3, -0.25) is 25.0 Å². The van der Waals surface area contributed by atoms with Crippen LogP contribution in [-0.4, -0.2) is 24.2 Å². The molecule has 0 N–H and O–H groups in total. The third kappa shape index (κ3) is 4.88. The highest BCUT2D eigenvalue weighted by Gasteiger charge is 2.33. The fourth-order valence-corrected chi connectivity index (χ4v) is 4.51. The molecule has 0 aliphatic carbocycles. The zero-order valence-electron chi connectivity index (χ0n) is 17.7. The molecule has 3 aromatic rings. The van der Waals surface area contributed by atoms with E-state index < -0.39 is 42.7 Å². The monoisotopic (exact) mass is 469 g/mol. The molecule has 0 aromatic heterocycles. The fourth-order valence-electron chi connectivity index (χ4n) is 3.09. The van der Waals surface area contributed by atoms with Gasteiger partial charge in [0.25, 0.3) is 27.3 Å². The Labute approximate surface area is 189 Å². The second-order valence-corrected chi connectivity index (χ2v) is 8.95. The highest BCUT2D eigenvalue weighted by Crippen LogP contribution is 2.30. The smallest absolute Gasteiger partial charge is 0.268 e. The van der Waals surface area contributed by atoms with Gasteiger partial charge in [0.15, 0.2) is 0 Å².